The van der Waals surface area contributed by atoms with Crippen LogP contribution in [0.4, 0.5) is 0 Å². The summed E-state index contributed by atoms with van der Waals surface area (Å²) in [7, 11) is 3.61. The van der Waals surface area contributed by atoms with Crippen LogP contribution < -0.4 is 15.4 Å². The molecule has 5 nitrogen and oxygen atoms in total. The summed E-state index contributed by atoms with van der Waals surface area (Å²) in [6.45, 7) is 6.60. The van der Waals surface area contributed by atoms with Crippen molar-refractivity contribution < 1.29 is 9.47 Å². The van der Waals surface area contributed by atoms with E-state index in [1.54, 1.807) is 7.11 Å². The average Bonchev–Trinajstić information content (AvgIpc) is 3.10. The first-order valence-electron chi connectivity index (χ1n) is 9.76. The Bertz CT molecular complexity index is 555. The lowest BCUT2D eigenvalue weighted by molar-refractivity contribution is 0.138. The molecular weight excluding hydrogens is 453 g/mol. The summed E-state index contributed by atoms with van der Waals surface area (Å²) in [5, 5.41) is 6.94. The zero-order valence-electron chi connectivity index (χ0n) is 17.2. The van der Waals surface area contributed by atoms with E-state index in [0.717, 1.165) is 37.8 Å². The van der Waals surface area contributed by atoms with E-state index in [4.69, 9.17) is 9.47 Å². The van der Waals surface area contributed by atoms with E-state index in [0.29, 0.717) is 5.41 Å². The monoisotopic (exact) mass is 489 g/mol. The van der Waals surface area contributed by atoms with E-state index in [1.165, 1.54) is 31.2 Å². The third kappa shape index (κ3) is 8.25. The molecule has 0 atom stereocenters. The molecule has 0 amide bonds. The van der Waals surface area contributed by atoms with Gasteiger partial charge in [0.15, 0.2) is 5.96 Å². The number of benzene rings is 1. The number of rotatable bonds is 9. The minimum absolute atomic E-state index is 0. The van der Waals surface area contributed by atoms with E-state index in [9.17, 15) is 0 Å². The minimum Gasteiger partial charge on any atom is -0.491 e. The Morgan fingerprint density at radius 1 is 1.15 bits per heavy atom. The average molecular weight is 489 g/mol. The maximum absolute atomic E-state index is 5.69. The van der Waals surface area contributed by atoms with E-state index >= 15 is 0 Å². The van der Waals surface area contributed by atoms with Gasteiger partial charge in [0.25, 0.3) is 0 Å². The largest absolute Gasteiger partial charge is 0.491 e. The van der Waals surface area contributed by atoms with Gasteiger partial charge in [-0.15, -0.1) is 24.0 Å². The molecule has 1 aliphatic carbocycles. The van der Waals surface area contributed by atoms with Gasteiger partial charge in [0.05, 0.1) is 6.10 Å². The fourth-order valence-corrected chi connectivity index (χ4v) is 3.59. The Morgan fingerprint density at radius 2 is 1.81 bits per heavy atom. The number of nitrogens with one attached hydrogen (secondary N) is 2. The van der Waals surface area contributed by atoms with E-state index in [1.807, 2.05) is 33.0 Å². The predicted molar refractivity (Wildman–Crippen MR) is 123 cm³/mol. The molecule has 1 saturated carbocycles. The summed E-state index contributed by atoms with van der Waals surface area (Å²) in [5.41, 5.74) is 1.56. The molecule has 154 valence electrons. The Labute approximate surface area is 181 Å². The Morgan fingerprint density at radius 3 is 2.37 bits per heavy atom. The molecule has 2 rings (SSSR count). The van der Waals surface area contributed by atoms with Gasteiger partial charge >= 0.3 is 0 Å². The van der Waals surface area contributed by atoms with Crippen LogP contribution in [-0.2, 0) is 11.3 Å². The summed E-state index contributed by atoms with van der Waals surface area (Å²) < 4.78 is 11.0. The van der Waals surface area contributed by atoms with E-state index < -0.39 is 0 Å². The van der Waals surface area contributed by atoms with Crippen molar-refractivity contribution in [3.63, 3.8) is 0 Å². The van der Waals surface area contributed by atoms with Crippen molar-refractivity contribution in [1.82, 2.24) is 10.6 Å². The number of methoxy groups -OCH3 is 1. The molecule has 0 radical (unpaired) electrons. The number of hydrogen-bond donors (Lipinski definition) is 2. The van der Waals surface area contributed by atoms with Gasteiger partial charge in [-0.25, -0.2) is 0 Å². The SMILES string of the molecule is CN=C(NCc1ccc(OC(C)C)cc1)NCC1(CCOC)CCCC1.I. The van der Waals surface area contributed by atoms with Crippen LogP contribution in [0.2, 0.25) is 0 Å². The van der Waals surface area contributed by atoms with Crippen LogP contribution in [0.3, 0.4) is 0 Å². The third-order valence-electron chi connectivity index (χ3n) is 5.11. The molecule has 0 bridgehead atoms. The zero-order valence-corrected chi connectivity index (χ0v) is 19.5. The summed E-state index contributed by atoms with van der Waals surface area (Å²) in [6, 6.07) is 8.22. The van der Waals surface area contributed by atoms with Crippen molar-refractivity contribution in [1.29, 1.82) is 0 Å². The summed E-state index contributed by atoms with van der Waals surface area (Å²) in [5.74, 6) is 1.77. The molecule has 0 spiro atoms. The second-order valence-electron chi connectivity index (χ2n) is 7.54. The first-order chi connectivity index (χ1) is 12.6. The molecule has 6 heteroatoms. The van der Waals surface area contributed by atoms with E-state index in [-0.39, 0.29) is 30.1 Å². The van der Waals surface area contributed by atoms with Crippen molar-refractivity contribution in [2.45, 2.75) is 58.6 Å². The first kappa shape index (κ1) is 24.0. The van der Waals surface area contributed by atoms with Gasteiger partial charge in [-0.1, -0.05) is 25.0 Å². The standard InChI is InChI=1S/C21H35N3O2.HI/c1-17(2)26-19-9-7-18(8-10-19)15-23-20(22-3)24-16-21(13-14-25-4)11-5-6-12-21;/h7-10,17H,5-6,11-16H2,1-4H3,(H2,22,23,24);1H. The van der Waals surface area contributed by atoms with Crippen LogP contribution in [-0.4, -0.2) is 39.4 Å². The lowest BCUT2D eigenvalue weighted by Gasteiger charge is -2.30. The Kier molecular flexibility index (Phi) is 11.1. The fourth-order valence-electron chi connectivity index (χ4n) is 3.59. The third-order valence-corrected chi connectivity index (χ3v) is 5.11. The smallest absolute Gasteiger partial charge is 0.191 e. The van der Waals surface area contributed by atoms with Crippen molar-refractivity contribution in [3.05, 3.63) is 29.8 Å². The number of halogens is 1. The first-order valence-corrected chi connectivity index (χ1v) is 9.76. The number of hydrogen-bond acceptors (Lipinski definition) is 3. The van der Waals surface area contributed by atoms with Crippen LogP contribution in [0.15, 0.2) is 29.3 Å². The lowest BCUT2D eigenvalue weighted by Crippen LogP contribution is -2.43. The molecule has 0 saturated heterocycles. The molecule has 0 heterocycles. The predicted octanol–water partition coefficient (Wildman–Crippen LogP) is 4.35. The molecule has 2 N–H and O–H groups in total. The van der Waals surface area contributed by atoms with Crippen LogP contribution in [0, 0.1) is 5.41 Å². The Hall–Kier alpha value is -1.02. The summed E-state index contributed by atoms with van der Waals surface area (Å²) in [4.78, 5) is 4.37. The van der Waals surface area contributed by atoms with Gasteiger partial charge < -0.3 is 20.1 Å². The van der Waals surface area contributed by atoms with Crippen molar-refractivity contribution in [2.75, 3.05) is 27.3 Å². The Balaban J connectivity index is 0.00000364. The molecule has 0 unspecified atom stereocenters. The van der Waals surface area contributed by atoms with Gasteiger partial charge in [-0.05, 0) is 56.2 Å². The number of ether oxygens (including phenoxy) is 2. The molecule has 0 aliphatic heterocycles. The molecule has 1 aliphatic rings. The summed E-state index contributed by atoms with van der Waals surface area (Å²) in [6.07, 6.45) is 6.51. The highest BCUT2D eigenvalue weighted by atomic mass is 127. The van der Waals surface area contributed by atoms with Gasteiger partial charge in [0.1, 0.15) is 5.75 Å². The van der Waals surface area contributed by atoms with Crippen molar-refractivity contribution in [3.8, 4) is 5.75 Å². The van der Waals surface area contributed by atoms with Gasteiger partial charge in [0.2, 0.25) is 0 Å². The van der Waals surface area contributed by atoms with Crippen LogP contribution in [0.25, 0.3) is 0 Å². The van der Waals surface area contributed by atoms with Crippen molar-refractivity contribution >= 4 is 29.9 Å². The minimum atomic E-state index is 0. The summed E-state index contributed by atoms with van der Waals surface area (Å²) >= 11 is 0. The number of aliphatic imine (C=N–C) groups is 1. The van der Waals surface area contributed by atoms with E-state index in [2.05, 4.69) is 27.8 Å². The maximum atomic E-state index is 5.69. The van der Waals surface area contributed by atoms with Gasteiger partial charge in [0, 0.05) is 33.9 Å². The topological polar surface area (TPSA) is 54.9 Å². The quantitative estimate of drug-likeness (QED) is 0.308. The van der Waals surface area contributed by atoms with Crippen LogP contribution >= 0.6 is 24.0 Å². The highest BCUT2D eigenvalue weighted by Gasteiger charge is 2.33. The zero-order chi connectivity index (χ0) is 18.8. The second kappa shape index (κ2) is 12.4. The second-order valence-corrected chi connectivity index (χ2v) is 7.54. The normalized spacial score (nSPS) is 16.1. The molecule has 1 fully saturated rings. The fraction of sp³-hybridized carbons (Fsp3) is 0.667. The van der Waals surface area contributed by atoms with Gasteiger partial charge in [-0.2, -0.15) is 0 Å². The van der Waals surface area contributed by atoms with Gasteiger partial charge in [-0.3, -0.25) is 4.99 Å². The molecular formula is C21H36IN3O2. The van der Waals surface area contributed by atoms with Crippen LogP contribution in [0.1, 0.15) is 51.5 Å². The maximum Gasteiger partial charge on any atom is 0.191 e. The molecule has 1 aromatic rings. The highest BCUT2D eigenvalue weighted by molar-refractivity contribution is 14.0. The lowest BCUT2D eigenvalue weighted by atomic mass is 9.83. The molecule has 0 aromatic heterocycles. The number of guanidine groups is 1. The van der Waals surface area contributed by atoms with Crippen molar-refractivity contribution in [2.24, 2.45) is 10.4 Å². The number of nitrogens with zero attached hydrogens (tertiary/aromatic N) is 1. The molecule has 1 aromatic carbocycles. The van der Waals surface area contributed by atoms with Crippen LogP contribution in [0.5, 0.6) is 5.75 Å². The molecule has 27 heavy (non-hydrogen) atoms. The highest BCUT2D eigenvalue weighted by Crippen LogP contribution is 2.40.